The molecule has 2 amide bonds. The van der Waals surface area contributed by atoms with Gasteiger partial charge in [0.15, 0.2) is 5.78 Å². The first-order valence-electron chi connectivity index (χ1n) is 18.2. The van der Waals surface area contributed by atoms with Crippen LogP contribution in [0.3, 0.4) is 0 Å². The van der Waals surface area contributed by atoms with Crippen molar-refractivity contribution in [1.82, 2.24) is 9.80 Å². The molecule has 276 valence electrons. The monoisotopic (exact) mass is 833 g/mol. The summed E-state index contributed by atoms with van der Waals surface area (Å²) >= 11 is 2.15. The number of Topliss-reactive ketones (excluding diaryl/α,β-unsaturated/α-hetero) is 1. The van der Waals surface area contributed by atoms with Crippen LogP contribution in [0.1, 0.15) is 46.1 Å². The number of aliphatic hydroxyl groups excluding tert-OH is 1. The third kappa shape index (κ3) is 11.6. The van der Waals surface area contributed by atoms with Gasteiger partial charge >= 0.3 is 11.9 Å². The third-order valence-electron chi connectivity index (χ3n) is 8.40. The molecule has 11 heteroatoms. The Morgan fingerprint density at radius 1 is 0.679 bits per heavy atom. The zero-order valence-corrected chi connectivity index (χ0v) is 31.4. The second kappa shape index (κ2) is 20.1. The quantitative estimate of drug-likeness (QED) is 0.0804. The summed E-state index contributed by atoms with van der Waals surface area (Å²) in [6.45, 7) is -2.93. The van der Waals surface area contributed by atoms with E-state index in [2.05, 4.69) is 22.6 Å². The van der Waals surface area contributed by atoms with Gasteiger partial charge in [-0.1, -0.05) is 144 Å². The van der Waals surface area contributed by atoms with Gasteiger partial charge in [-0.3, -0.25) is 19.2 Å². The largest absolute Gasteiger partial charge is 0.510 e. The van der Waals surface area contributed by atoms with Crippen LogP contribution in [0.5, 0.6) is 0 Å². The number of alkyl halides is 1. The van der Waals surface area contributed by atoms with Crippen LogP contribution >= 0.6 is 22.6 Å². The highest BCUT2D eigenvalue weighted by atomic mass is 127. The maximum Gasteiger partial charge on any atom is 0.338 e. The fourth-order valence-corrected chi connectivity index (χ4v) is 5.49. The van der Waals surface area contributed by atoms with E-state index in [1.165, 1.54) is 9.80 Å². The Labute approximate surface area is 327 Å². The van der Waals surface area contributed by atoms with Gasteiger partial charge in [0.1, 0.15) is 24.4 Å². The average Bonchev–Trinajstić information content (AvgIpc) is 3.20. The van der Waals surface area contributed by atoms with E-state index < -0.39 is 48.9 Å². The first-order valence-corrected chi connectivity index (χ1v) is 18.9. The minimum absolute atomic E-state index is 0.0174. The Morgan fingerprint density at radius 2 is 1.11 bits per heavy atom. The van der Waals surface area contributed by atoms with Crippen LogP contribution in [0, 0.1) is 5.41 Å². The van der Waals surface area contributed by atoms with Gasteiger partial charge in [0.2, 0.25) is 11.8 Å². The van der Waals surface area contributed by atoms with E-state index >= 15 is 0 Å². The Bertz CT molecular complexity index is 1980. The number of hydrogen-bond donors (Lipinski definition) is 1. The standard InChI is InChI=1S/C21H21NO4.C20H19NO4.CH3I/c1-21(20(25)26-15-17-10-6-3-7-11-17)12-19(24)22(14-18(21)23)13-16-8-4-2-5-9-16;22-18-13-21(12-15-7-3-1-4-8-15)19(23)11-17(18)20(24)25-14-16-9-5-2-6-10-16;1-2/h2-11H,12-15H2,1H3;1-10,22H,11-14H2;1H3/i1D3;;. The lowest BCUT2D eigenvalue weighted by molar-refractivity contribution is -0.168. The molecule has 2 heterocycles. The number of hydrogen-bond acceptors (Lipinski definition) is 8. The molecule has 0 aliphatic carbocycles. The van der Waals surface area contributed by atoms with E-state index in [-0.39, 0.29) is 50.0 Å². The van der Waals surface area contributed by atoms with E-state index in [1.54, 1.807) is 54.6 Å². The maximum absolute atomic E-state index is 12.9. The number of likely N-dealkylation sites (tertiary alicyclic amines) is 1. The van der Waals surface area contributed by atoms with Gasteiger partial charge in [-0.05, 0) is 34.0 Å². The number of carbonyl (C=O) groups is 5. The Balaban J connectivity index is 0.000000240. The molecule has 4 aromatic carbocycles. The van der Waals surface area contributed by atoms with Gasteiger partial charge in [-0.25, -0.2) is 4.79 Å². The summed E-state index contributed by atoms with van der Waals surface area (Å²) in [7, 11) is 0. The molecule has 1 N–H and O–H groups in total. The summed E-state index contributed by atoms with van der Waals surface area (Å²) in [6.07, 6.45) is -0.880. The number of ether oxygens (including phenoxy) is 2. The molecular formula is C42H43IN2O8. The van der Waals surface area contributed by atoms with Crippen molar-refractivity contribution in [3.63, 3.8) is 0 Å². The number of amides is 2. The number of ketones is 1. The Morgan fingerprint density at radius 3 is 1.58 bits per heavy atom. The van der Waals surface area contributed by atoms with Crippen molar-refractivity contribution in [3.05, 3.63) is 155 Å². The summed E-state index contributed by atoms with van der Waals surface area (Å²) in [6, 6.07) is 36.5. The molecule has 4 aromatic rings. The minimum atomic E-state index is -2.99. The molecule has 0 aromatic heterocycles. The lowest BCUT2D eigenvalue weighted by atomic mass is 9.78. The number of rotatable bonds is 10. The SMILES string of the molecule is CI.O=C(OCc1ccccc1)C1=C(O)CN(Cc2ccccc2)C(=O)C1.[2H]C([2H])([2H])C1(C(=O)OCc2ccccc2)CC(=O)N(Cc2ccccc2)CC1=O. The molecule has 2 aliphatic rings. The van der Waals surface area contributed by atoms with Crippen molar-refractivity contribution in [1.29, 1.82) is 0 Å². The molecule has 1 atom stereocenters. The van der Waals surface area contributed by atoms with Gasteiger partial charge in [-0.15, -0.1) is 0 Å². The Hall–Kier alpha value is -5.30. The lowest BCUT2D eigenvalue weighted by Gasteiger charge is -2.35. The van der Waals surface area contributed by atoms with Crippen LogP contribution in [-0.2, 0) is 59.7 Å². The lowest BCUT2D eigenvalue weighted by Crippen LogP contribution is -2.53. The van der Waals surface area contributed by atoms with Gasteiger partial charge in [-0.2, -0.15) is 0 Å². The van der Waals surface area contributed by atoms with Gasteiger partial charge in [0.05, 0.1) is 25.1 Å². The van der Waals surface area contributed by atoms with Crippen LogP contribution in [0.4, 0.5) is 0 Å². The second-order valence-corrected chi connectivity index (χ2v) is 12.2. The van der Waals surface area contributed by atoms with Gasteiger partial charge in [0.25, 0.3) is 0 Å². The number of aliphatic hydroxyl groups is 1. The fourth-order valence-electron chi connectivity index (χ4n) is 5.49. The van der Waals surface area contributed by atoms with Gasteiger partial charge in [0, 0.05) is 23.6 Å². The van der Waals surface area contributed by atoms with E-state index in [0.717, 1.165) is 16.7 Å². The first-order chi connectivity index (χ1) is 26.9. The van der Waals surface area contributed by atoms with Crippen molar-refractivity contribution in [3.8, 4) is 0 Å². The molecule has 1 saturated heterocycles. The van der Waals surface area contributed by atoms with Crippen LogP contribution in [-0.4, -0.2) is 62.5 Å². The zero-order valence-electron chi connectivity index (χ0n) is 32.3. The molecular weight excluding hydrogens is 787 g/mol. The average molecular weight is 834 g/mol. The number of nitrogens with zero attached hydrogens (tertiary/aromatic N) is 2. The molecule has 0 radical (unpaired) electrons. The summed E-state index contributed by atoms with van der Waals surface area (Å²) in [5.74, 6) is -3.53. The Kier molecular flexibility index (Phi) is 13.7. The van der Waals surface area contributed by atoms with Crippen LogP contribution in [0.25, 0.3) is 0 Å². The van der Waals surface area contributed by atoms with E-state index in [1.807, 2.05) is 71.7 Å². The molecule has 10 nitrogen and oxygen atoms in total. The van der Waals surface area contributed by atoms with Crippen LogP contribution in [0.2, 0.25) is 0 Å². The summed E-state index contributed by atoms with van der Waals surface area (Å²) in [5, 5.41) is 10.2. The number of halogens is 1. The highest BCUT2D eigenvalue weighted by molar-refractivity contribution is 14.1. The van der Waals surface area contributed by atoms with E-state index in [0.29, 0.717) is 12.1 Å². The maximum atomic E-state index is 12.9. The van der Waals surface area contributed by atoms with E-state index in [9.17, 15) is 29.1 Å². The van der Waals surface area contributed by atoms with E-state index in [4.69, 9.17) is 13.6 Å². The molecule has 0 spiro atoms. The molecule has 53 heavy (non-hydrogen) atoms. The van der Waals surface area contributed by atoms with Crippen LogP contribution < -0.4 is 0 Å². The summed E-state index contributed by atoms with van der Waals surface area (Å²) in [5.41, 5.74) is 0.850. The van der Waals surface area contributed by atoms with Crippen molar-refractivity contribution >= 4 is 52.1 Å². The molecule has 1 fully saturated rings. The van der Waals surface area contributed by atoms with Crippen molar-refractivity contribution < 1.29 is 42.7 Å². The summed E-state index contributed by atoms with van der Waals surface area (Å²) in [4.78, 5) is 67.6. The van der Waals surface area contributed by atoms with Crippen molar-refractivity contribution in [2.24, 2.45) is 5.41 Å². The number of benzene rings is 4. The van der Waals surface area contributed by atoms with Crippen LogP contribution in [0.15, 0.2) is 133 Å². The highest BCUT2D eigenvalue weighted by Crippen LogP contribution is 2.31. The fraction of sp³-hybridized carbons (Fsp3) is 0.262. The molecule has 6 rings (SSSR count). The zero-order chi connectivity index (χ0) is 40.7. The second-order valence-electron chi connectivity index (χ2n) is 12.2. The predicted octanol–water partition coefficient (Wildman–Crippen LogP) is 6.76. The number of esters is 2. The van der Waals surface area contributed by atoms with Crippen molar-refractivity contribution in [2.45, 2.75) is 46.0 Å². The number of carbonyl (C=O) groups excluding carboxylic acids is 5. The molecule has 0 bridgehead atoms. The van der Waals surface area contributed by atoms with Crippen molar-refractivity contribution in [2.75, 3.05) is 18.0 Å². The molecule has 0 saturated carbocycles. The third-order valence-corrected chi connectivity index (χ3v) is 8.40. The normalized spacial score (nSPS) is 17.9. The molecule has 2 aliphatic heterocycles. The smallest absolute Gasteiger partial charge is 0.338 e. The number of piperidine rings is 1. The summed E-state index contributed by atoms with van der Waals surface area (Å²) < 4.78 is 33.9. The first kappa shape index (κ1) is 36.1. The van der Waals surface area contributed by atoms with Gasteiger partial charge < -0.3 is 24.4 Å². The molecule has 1 unspecified atom stereocenters. The topological polar surface area (TPSA) is 131 Å². The predicted molar refractivity (Wildman–Crippen MR) is 208 cm³/mol. The minimum Gasteiger partial charge on any atom is -0.510 e. The highest BCUT2D eigenvalue weighted by Gasteiger charge is 2.49.